The van der Waals surface area contributed by atoms with Crippen LogP contribution >= 0.6 is 23.4 Å². The Labute approximate surface area is 368 Å². The molecule has 1 aliphatic carbocycles. The second-order valence-corrected chi connectivity index (χ2v) is 22.0. The van der Waals surface area contributed by atoms with Gasteiger partial charge in [-0.15, -0.1) is 23.4 Å². The Hall–Kier alpha value is -1.44. The van der Waals surface area contributed by atoms with Gasteiger partial charge in [-0.25, -0.2) is 9.00 Å². The number of fused-ring (bicyclic) bond motifs is 9. The Kier molecular flexibility index (Phi) is 15.2. The normalized spacial score (nSPS) is 45.8. The maximum absolute atomic E-state index is 14.6. The number of carbonyl (C=O) groups is 2. The molecule has 6 heterocycles. The molecule has 340 valence electrons. The topological polar surface area (TPSA) is 158 Å². The molecule has 1 unspecified atom stereocenters. The number of hydrogen-bond acceptors (Lipinski definition) is 15. The van der Waals surface area contributed by atoms with Crippen molar-refractivity contribution in [3.8, 4) is 0 Å². The zero-order valence-electron chi connectivity index (χ0n) is 37.5. The van der Waals surface area contributed by atoms with Gasteiger partial charge in [0.15, 0.2) is 35.4 Å². The number of aliphatic imine (C=N–C) groups is 1. The summed E-state index contributed by atoms with van der Waals surface area (Å²) in [6, 6.07) is -0.414. The summed E-state index contributed by atoms with van der Waals surface area (Å²) in [5.41, 5.74) is -2.90. The molecule has 1 saturated carbocycles. The first-order valence-electron chi connectivity index (χ1n) is 21.5. The van der Waals surface area contributed by atoms with E-state index >= 15 is 0 Å². The summed E-state index contributed by atoms with van der Waals surface area (Å²) in [6.07, 6.45) is 3.47. The van der Waals surface area contributed by atoms with Crippen LogP contribution in [0, 0.1) is 11.8 Å². The number of thioether (sulfide) groups is 1. The molecule has 2 N–H and O–H groups in total. The number of methoxy groups -OCH3 is 1. The van der Waals surface area contributed by atoms with Crippen LogP contribution in [0.3, 0.4) is 0 Å². The summed E-state index contributed by atoms with van der Waals surface area (Å²) in [4.78, 5) is 36.8. The smallest absolute Gasteiger partial charge is 0.332 e. The molecule has 7 rings (SSSR count). The van der Waals surface area contributed by atoms with Crippen LogP contribution in [0.1, 0.15) is 93.4 Å². The molecule has 7 aliphatic rings. The van der Waals surface area contributed by atoms with Gasteiger partial charge in [-0.2, -0.15) is 0 Å². The fourth-order valence-electron chi connectivity index (χ4n) is 9.92. The fourth-order valence-corrected chi connectivity index (χ4v) is 13.0. The molecule has 0 radical (unpaired) electrons. The third-order valence-corrected chi connectivity index (χ3v) is 17.6. The molecule has 17 atom stereocenters. The van der Waals surface area contributed by atoms with Crippen molar-refractivity contribution in [1.82, 2.24) is 15.1 Å². The summed E-state index contributed by atoms with van der Waals surface area (Å²) in [5, 5.41) is 16.0. The van der Waals surface area contributed by atoms with E-state index in [1.54, 1.807) is 13.8 Å². The van der Waals surface area contributed by atoms with Gasteiger partial charge in [0.25, 0.3) is 0 Å². The minimum atomic E-state index is -1.85. The average molecular weight is 902 g/mol. The number of alkyl halides is 1. The summed E-state index contributed by atoms with van der Waals surface area (Å²) >= 11 is 8.80. The molecule has 6 aliphatic heterocycles. The minimum absolute atomic E-state index is 0.0455. The summed E-state index contributed by atoms with van der Waals surface area (Å²) < 4.78 is 52.4. The van der Waals surface area contributed by atoms with E-state index in [0.29, 0.717) is 36.5 Å². The first-order valence-corrected chi connectivity index (χ1v) is 24.1. The van der Waals surface area contributed by atoms with Crippen LogP contribution in [0.15, 0.2) is 27.7 Å². The second-order valence-electron chi connectivity index (χ2n) is 18.7. The number of carbonyl (C=O) groups excluding carboxylic acids is 2. The van der Waals surface area contributed by atoms with Crippen LogP contribution in [-0.4, -0.2) is 160 Å². The van der Waals surface area contributed by atoms with Crippen molar-refractivity contribution in [3.63, 3.8) is 0 Å². The molecule has 6 bridgehead atoms. The van der Waals surface area contributed by atoms with Crippen LogP contribution < -0.4 is 5.32 Å². The van der Waals surface area contributed by atoms with E-state index in [-0.39, 0.29) is 47.6 Å². The van der Waals surface area contributed by atoms with E-state index in [0.717, 1.165) is 18.4 Å². The van der Waals surface area contributed by atoms with Gasteiger partial charge in [0.1, 0.15) is 27.5 Å². The molecular weight excluding hydrogens is 832 g/mol. The lowest BCUT2D eigenvalue weighted by molar-refractivity contribution is -0.260. The number of rotatable bonds is 7. The number of halogens is 1. The van der Waals surface area contributed by atoms with Crippen molar-refractivity contribution in [3.05, 3.63) is 22.8 Å². The highest BCUT2D eigenvalue weighted by molar-refractivity contribution is 8.14. The standard InChI is InChI=1S/C43H69ClN4O10S2/c1-23-13-16-32(49)43(7,58-37-18-15-30(48(10)11)26(4)55-37)33(50)21-35-46-42(6,40(53-12)60(35)52)39-45-28(22-59-39)38(51)57-34-20-31(27(19-23)24(2)41(34,5)44)56-36-17-14-29(47(8)9)25(3)54-36/h19,21,24-32,34,36-37,40,46,49H,13-18,20,22H2,1-12H3/t24-,25-,26-,27-,28+,29+,30+,31-,32+,34-,36+,37+,40+,41+,42+,43-,60?/m1/s1. The lowest BCUT2D eigenvalue weighted by Gasteiger charge is -2.49. The number of ether oxygens (including phenoxy) is 6. The number of likely N-dealkylation sites (N-methyl/N-ethyl adjacent to an activating group) is 2. The molecule has 4 fully saturated rings. The van der Waals surface area contributed by atoms with E-state index in [1.807, 2.05) is 34.9 Å². The average Bonchev–Trinajstić information content (AvgIpc) is 3.77. The Morgan fingerprint density at radius 3 is 2.20 bits per heavy atom. The van der Waals surface area contributed by atoms with Crippen LogP contribution in [0.2, 0.25) is 0 Å². The van der Waals surface area contributed by atoms with Gasteiger partial charge >= 0.3 is 5.97 Å². The minimum Gasteiger partial charge on any atom is -0.459 e. The molecule has 0 aromatic carbocycles. The van der Waals surface area contributed by atoms with Gasteiger partial charge in [0.2, 0.25) is 0 Å². The molecular formula is C43H69ClN4O10S2. The van der Waals surface area contributed by atoms with E-state index < -0.39 is 80.9 Å². The number of hydrogen-bond donors (Lipinski definition) is 2. The van der Waals surface area contributed by atoms with Gasteiger partial charge in [0, 0.05) is 49.8 Å². The third-order valence-electron chi connectivity index (χ3n) is 14.0. The number of aliphatic hydroxyl groups is 1. The highest BCUT2D eigenvalue weighted by Gasteiger charge is 2.56. The van der Waals surface area contributed by atoms with Crippen molar-refractivity contribution in [2.75, 3.05) is 41.1 Å². The molecule has 60 heavy (non-hydrogen) atoms. The van der Waals surface area contributed by atoms with Crippen molar-refractivity contribution < 1.29 is 47.3 Å². The summed E-state index contributed by atoms with van der Waals surface area (Å²) in [7, 11) is 7.73. The van der Waals surface area contributed by atoms with Crippen molar-refractivity contribution in [2.24, 2.45) is 16.8 Å². The maximum Gasteiger partial charge on any atom is 0.332 e. The Bertz CT molecular complexity index is 1710. The summed E-state index contributed by atoms with van der Waals surface area (Å²) in [6.45, 7) is 13.4. The summed E-state index contributed by atoms with van der Waals surface area (Å²) in [5.74, 6) is -1.18. The Balaban J connectivity index is 1.37. The number of ketones is 1. The van der Waals surface area contributed by atoms with Gasteiger partial charge in [-0.1, -0.05) is 18.6 Å². The van der Waals surface area contributed by atoms with E-state index in [9.17, 15) is 18.9 Å². The monoisotopic (exact) mass is 900 g/mol. The first-order chi connectivity index (χ1) is 28.1. The molecule has 17 heteroatoms. The highest BCUT2D eigenvalue weighted by atomic mass is 35.5. The van der Waals surface area contributed by atoms with Crippen molar-refractivity contribution >= 4 is 51.0 Å². The van der Waals surface area contributed by atoms with E-state index in [2.05, 4.69) is 49.1 Å². The van der Waals surface area contributed by atoms with Gasteiger partial charge in [-0.05, 0) is 108 Å². The van der Waals surface area contributed by atoms with Crippen molar-refractivity contribution in [1.29, 1.82) is 0 Å². The number of nitrogens with zero attached hydrogens (tertiary/aromatic N) is 3. The molecule has 0 aromatic heterocycles. The van der Waals surface area contributed by atoms with Crippen molar-refractivity contribution in [2.45, 2.75) is 176 Å². The fraction of sp³-hybridized carbons (Fsp3) is 0.837. The van der Waals surface area contributed by atoms with E-state index in [4.69, 9.17) is 45.0 Å². The maximum atomic E-state index is 14.6. The predicted octanol–water partition coefficient (Wildman–Crippen LogP) is 4.73. The van der Waals surface area contributed by atoms with Gasteiger partial charge < -0.3 is 48.6 Å². The Morgan fingerprint density at radius 2 is 1.60 bits per heavy atom. The lowest BCUT2D eigenvalue weighted by atomic mass is 9.69. The number of allylic oxidation sites excluding steroid dienone is 1. The number of nitrogens with one attached hydrogen (secondary N) is 1. The molecule has 14 nitrogen and oxygen atoms in total. The molecule has 0 spiro atoms. The van der Waals surface area contributed by atoms with Crippen LogP contribution in [0.4, 0.5) is 0 Å². The molecule has 0 amide bonds. The Morgan fingerprint density at radius 1 is 0.983 bits per heavy atom. The van der Waals surface area contributed by atoms with Gasteiger partial charge in [0.05, 0.1) is 34.3 Å². The zero-order valence-corrected chi connectivity index (χ0v) is 39.9. The van der Waals surface area contributed by atoms with Crippen LogP contribution in [-0.2, 0) is 48.8 Å². The van der Waals surface area contributed by atoms with Gasteiger partial charge in [-0.3, -0.25) is 9.79 Å². The SMILES string of the molecule is CO[C@H]1S(=O)C2=CC(=O)[C@](C)(O[C@H]3CC[C@H](N(C)C)[C@@H](C)O3)[C@@H](O)CCC(C)=C[C@@H]3[C@@H](C)[C@](C)(Cl)[C@@H](C[C@H]3O[C@H]3CC[C@H](N(C)C)[C@@H](C)O3)OC(=O)[C@@H]3CSC(=N3)[C@]1(C)N2. The predicted molar refractivity (Wildman–Crippen MR) is 234 cm³/mol. The zero-order chi connectivity index (χ0) is 44.1. The second kappa shape index (κ2) is 19.0. The van der Waals surface area contributed by atoms with E-state index in [1.165, 1.54) is 24.9 Å². The number of esters is 1. The quantitative estimate of drug-likeness (QED) is 0.205. The molecule has 0 aromatic rings. The largest absolute Gasteiger partial charge is 0.459 e. The highest BCUT2D eigenvalue weighted by Crippen LogP contribution is 2.48. The van der Waals surface area contributed by atoms with Crippen LogP contribution in [0.25, 0.3) is 0 Å². The van der Waals surface area contributed by atoms with Crippen LogP contribution in [0.5, 0.6) is 0 Å². The third kappa shape index (κ3) is 9.64. The number of aliphatic hydroxyl groups excluding tert-OH is 1. The lowest BCUT2D eigenvalue weighted by Crippen LogP contribution is -2.56. The molecule has 3 saturated heterocycles. The first kappa shape index (κ1) is 48.0.